The molecule has 5 rings (SSSR count). The molecule has 0 radical (unpaired) electrons. The number of thiocarbonyl (C=S) groups is 1. The van der Waals surface area contributed by atoms with E-state index in [0.717, 1.165) is 32.9 Å². The lowest BCUT2D eigenvalue weighted by atomic mass is 10.1. The van der Waals surface area contributed by atoms with E-state index in [1.165, 1.54) is 7.11 Å². The van der Waals surface area contributed by atoms with E-state index in [4.69, 9.17) is 21.7 Å². The van der Waals surface area contributed by atoms with E-state index in [2.05, 4.69) is 39.6 Å². The van der Waals surface area contributed by atoms with Gasteiger partial charge in [0.2, 0.25) is 0 Å². The fourth-order valence-corrected chi connectivity index (χ4v) is 4.64. The van der Waals surface area contributed by atoms with Crippen LogP contribution in [0.25, 0.3) is 21.8 Å². The number of carbonyl (C=O) groups excluding carboxylic acids is 1. The highest BCUT2D eigenvalue weighted by Crippen LogP contribution is 2.28. The largest absolute Gasteiger partial charge is 0.493 e. The van der Waals surface area contributed by atoms with Crippen molar-refractivity contribution in [2.75, 3.05) is 14.2 Å². The van der Waals surface area contributed by atoms with E-state index in [1.807, 2.05) is 41.6 Å². The summed E-state index contributed by atoms with van der Waals surface area (Å²) in [5, 5.41) is 5.50. The van der Waals surface area contributed by atoms with Gasteiger partial charge >= 0.3 is 0 Å². The summed E-state index contributed by atoms with van der Waals surface area (Å²) in [4.78, 5) is 21.7. The topological polar surface area (TPSA) is 82.4 Å². The lowest BCUT2D eigenvalue weighted by Gasteiger charge is -2.26. The van der Waals surface area contributed by atoms with Crippen LogP contribution < -0.4 is 14.8 Å². The van der Waals surface area contributed by atoms with Crippen LogP contribution in [0.3, 0.4) is 0 Å². The van der Waals surface area contributed by atoms with Gasteiger partial charge in [0.15, 0.2) is 16.6 Å². The van der Waals surface area contributed by atoms with Gasteiger partial charge in [-0.3, -0.25) is 10.1 Å². The van der Waals surface area contributed by atoms with Crippen LogP contribution in [-0.4, -0.2) is 40.1 Å². The average Bonchev–Trinajstić information content (AvgIpc) is 3.58. The molecule has 0 aliphatic heterocycles. The number of nitrogens with one attached hydrogen (secondary N) is 3. The molecule has 0 spiro atoms. The van der Waals surface area contributed by atoms with E-state index < -0.39 is 0 Å². The molecule has 2 heterocycles. The number of benzene rings is 3. The van der Waals surface area contributed by atoms with Crippen LogP contribution in [-0.2, 0) is 13.1 Å². The first-order chi connectivity index (χ1) is 17.6. The molecule has 0 bridgehead atoms. The van der Waals surface area contributed by atoms with Gasteiger partial charge in [-0.2, -0.15) is 0 Å². The molecule has 0 saturated heterocycles. The van der Waals surface area contributed by atoms with Crippen molar-refractivity contribution in [3.8, 4) is 11.5 Å². The molecule has 2 aromatic heterocycles. The maximum absolute atomic E-state index is 13.1. The van der Waals surface area contributed by atoms with Gasteiger partial charge in [-0.1, -0.05) is 24.3 Å². The first kappa shape index (κ1) is 23.4. The molecule has 3 N–H and O–H groups in total. The molecule has 0 aliphatic rings. The number of rotatable bonds is 7. The Morgan fingerprint density at radius 3 is 1.97 bits per heavy atom. The number of hydrogen-bond donors (Lipinski definition) is 3. The Kier molecular flexibility index (Phi) is 6.60. The summed E-state index contributed by atoms with van der Waals surface area (Å²) in [5.74, 6) is 0.717. The Bertz CT molecular complexity index is 1480. The van der Waals surface area contributed by atoms with Crippen LogP contribution in [0.1, 0.15) is 21.5 Å². The predicted octanol–water partition coefficient (Wildman–Crippen LogP) is 5.38. The number of ether oxygens (including phenoxy) is 2. The normalized spacial score (nSPS) is 10.9. The van der Waals surface area contributed by atoms with Crippen LogP contribution in [0, 0.1) is 0 Å². The molecule has 3 aromatic carbocycles. The molecule has 0 unspecified atom stereocenters. The summed E-state index contributed by atoms with van der Waals surface area (Å²) in [6.45, 7) is 1.06. The third-order valence-electron chi connectivity index (χ3n) is 6.25. The van der Waals surface area contributed by atoms with Crippen LogP contribution in [0.15, 0.2) is 79.1 Å². The quantitative estimate of drug-likeness (QED) is 0.262. The van der Waals surface area contributed by atoms with Crippen LogP contribution in [0.2, 0.25) is 0 Å². The number of fused-ring (bicyclic) bond motifs is 2. The number of methoxy groups -OCH3 is 2. The molecule has 5 aromatic rings. The van der Waals surface area contributed by atoms with Gasteiger partial charge in [-0.25, -0.2) is 0 Å². The highest BCUT2D eigenvalue weighted by molar-refractivity contribution is 7.80. The van der Waals surface area contributed by atoms with E-state index in [9.17, 15) is 4.79 Å². The van der Waals surface area contributed by atoms with Crippen LogP contribution >= 0.6 is 12.2 Å². The Morgan fingerprint density at radius 2 is 1.42 bits per heavy atom. The summed E-state index contributed by atoms with van der Waals surface area (Å²) in [7, 11) is 3.09. The van der Waals surface area contributed by atoms with Gasteiger partial charge in [0, 0.05) is 52.9 Å². The highest BCUT2D eigenvalue weighted by Gasteiger charge is 2.19. The molecule has 8 heteroatoms. The Morgan fingerprint density at radius 1 is 0.833 bits per heavy atom. The van der Waals surface area contributed by atoms with Crippen molar-refractivity contribution in [1.29, 1.82) is 0 Å². The van der Waals surface area contributed by atoms with Crippen molar-refractivity contribution < 1.29 is 14.3 Å². The van der Waals surface area contributed by atoms with E-state index in [0.29, 0.717) is 35.3 Å². The molecule has 7 nitrogen and oxygen atoms in total. The third-order valence-corrected chi connectivity index (χ3v) is 6.61. The smallest absolute Gasteiger partial charge is 0.257 e. The zero-order chi connectivity index (χ0) is 25.1. The number of nitrogens with zero attached hydrogens (tertiary/aromatic N) is 1. The average molecular weight is 499 g/mol. The zero-order valence-corrected chi connectivity index (χ0v) is 20.8. The number of carbonyl (C=O) groups is 1. The van der Waals surface area contributed by atoms with Gasteiger partial charge in [0.05, 0.1) is 14.2 Å². The first-order valence-electron chi connectivity index (χ1n) is 11.5. The second kappa shape index (κ2) is 10.1. The standard InChI is InChI=1S/C28H26N4O3S/c1-34-25-10-9-18(15-26(25)35-2)27(33)31-28(36)32(16-19-5-3-7-23-21(19)11-13-29-23)17-20-6-4-8-24-22(20)12-14-30-24/h3-15,29-30H,16-17H2,1-2H3,(H,31,33,36). The van der Waals surface area contributed by atoms with Crippen molar-refractivity contribution >= 4 is 45.0 Å². The van der Waals surface area contributed by atoms with Crippen molar-refractivity contribution in [3.05, 3.63) is 95.8 Å². The fourth-order valence-electron chi connectivity index (χ4n) is 4.41. The van der Waals surface area contributed by atoms with Gasteiger partial charge in [0.25, 0.3) is 5.91 Å². The summed E-state index contributed by atoms with van der Waals surface area (Å²) >= 11 is 5.79. The summed E-state index contributed by atoms with van der Waals surface area (Å²) in [6.07, 6.45) is 3.85. The number of hydrogen-bond acceptors (Lipinski definition) is 4. The van der Waals surface area contributed by atoms with Crippen molar-refractivity contribution in [2.24, 2.45) is 0 Å². The lowest BCUT2D eigenvalue weighted by molar-refractivity contribution is 0.0972. The molecule has 36 heavy (non-hydrogen) atoms. The minimum atomic E-state index is -0.314. The molecule has 0 fully saturated rings. The Labute approximate surface area is 214 Å². The van der Waals surface area contributed by atoms with Gasteiger partial charge < -0.3 is 24.3 Å². The molecule has 0 aliphatic carbocycles. The Hall–Kier alpha value is -4.30. The number of H-pyrrole nitrogens is 2. The van der Waals surface area contributed by atoms with Gasteiger partial charge in [-0.05, 0) is 65.8 Å². The van der Waals surface area contributed by atoms with Gasteiger partial charge in [-0.15, -0.1) is 0 Å². The van der Waals surface area contributed by atoms with Crippen molar-refractivity contribution in [3.63, 3.8) is 0 Å². The van der Waals surface area contributed by atoms with Crippen LogP contribution in [0.4, 0.5) is 0 Å². The third kappa shape index (κ3) is 4.63. The summed E-state index contributed by atoms with van der Waals surface area (Å²) < 4.78 is 10.6. The minimum absolute atomic E-state index is 0.314. The maximum Gasteiger partial charge on any atom is 0.257 e. The maximum atomic E-state index is 13.1. The van der Waals surface area contributed by atoms with E-state index in [-0.39, 0.29) is 5.91 Å². The lowest BCUT2D eigenvalue weighted by Crippen LogP contribution is -2.42. The second-order valence-electron chi connectivity index (χ2n) is 8.40. The SMILES string of the molecule is COc1ccc(C(=O)NC(=S)N(Cc2cccc3[nH]ccc23)Cc2cccc3[nH]ccc23)cc1OC. The van der Waals surface area contributed by atoms with E-state index in [1.54, 1.807) is 25.3 Å². The second-order valence-corrected chi connectivity index (χ2v) is 8.78. The number of aromatic nitrogens is 2. The highest BCUT2D eigenvalue weighted by atomic mass is 32.1. The number of aromatic amines is 2. The molecule has 0 atom stereocenters. The van der Waals surface area contributed by atoms with Gasteiger partial charge in [0.1, 0.15) is 0 Å². The molecular formula is C28H26N4O3S. The molecule has 182 valence electrons. The molecule has 0 saturated carbocycles. The number of amides is 1. The first-order valence-corrected chi connectivity index (χ1v) is 11.9. The van der Waals surface area contributed by atoms with Crippen LogP contribution in [0.5, 0.6) is 11.5 Å². The fraction of sp³-hybridized carbons (Fsp3) is 0.143. The monoisotopic (exact) mass is 498 g/mol. The summed E-state index contributed by atoms with van der Waals surface area (Å²) in [5.41, 5.74) is 4.76. The molecular weight excluding hydrogens is 472 g/mol. The zero-order valence-electron chi connectivity index (χ0n) is 20.0. The minimum Gasteiger partial charge on any atom is -0.493 e. The van der Waals surface area contributed by atoms with Crippen molar-refractivity contribution in [2.45, 2.75) is 13.1 Å². The summed E-state index contributed by atoms with van der Waals surface area (Å²) in [6, 6.07) is 21.4. The Balaban J connectivity index is 1.44. The molecule has 1 amide bonds. The predicted molar refractivity (Wildman–Crippen MR) is 145 cm³/mol. The van der Waals surface area contributed by atoms with E-state index >= 15 is 0 Å². The van der Waals surface area contributed by atoms with Crippen molar-refractivity contribution in [1.82, 2.24) is 20.2 Å².